The summed E-state index contributed by atoms with van der Waals surface area (Å²) >= 11 is 0. The number of aliphatic hydroxyl groups excluding tert-OH is 1. The van der Waals surface area contributed by atoms with Crippen molar-refractivity contribution in [2.24, 2.45) is 5.92 Å². The third-order valence-electron chi connectivity index (χ3n) is 6.74. The van der Waals surface area contributed by atoms with Gasteiger partial charge in [-0.3, -0.25) is 14.6 Å². The van der Waals surface area contributed by atoms with E-state index < -0.39 is 23.8 Å². The number of benzene rings is 3. The molecule has 0 spiro atoms. The number of hydrogen-bond donors (Lipinski definition) is 1. The van der Waals surface area contributed by atoms with Gasteiger partial charge in [0.15, 0.2) is 17.3 Å². The summed E-state index contributed by atoms with van der Waals surface area (Å²) in [4.78, 5) is 29.2. The molecule has 230 valence electrons. The molecule has 0 amide bonds. The molecule has 0 aliphatic rings. The van der Waals surface area contributed by atoms with Crippen LogP contribution < -0.4 is 23.7 Å². The van der Waals surface area contributed by atoms with Crippen LogP contribution in [-0.4, -0.2) is 49.3 Å². The summed E-state index contributed by atoms with van der Waals surface area (Å²) in [5.41, 5.74) is 2.74. The first-order chi connectivity index (χ1) is 21.3. The highest BCUT2D eigenvalue weighted by molar-refractivity contribution is 6.09. The van der Waals surface area contributed by atoms with Crippen LogP contribution in [0, 0.1) is 5.92 Å². The van der Waals surface area contributed by atoms with Gasteiger partial charge in [-0.15, -0.1) is 0 Å². The van der Waals surface area contributed by atoms with E-state index in [1.165, 1.54) is 26.2 Å². The molecule has 1 aromatic heterocycles. The van der Waals surface area contributed by atoms with Gasteiger partial charge in [-0.05, 0) is 66.6 Å². The van der Waals surface area contributed by atoms with Gasteiger partial charge in [-0.2, -0.15) is 0 Å². The number of ketones is 1. The molecule has 0 aliphatic heterocycles. The van der Waals surface area contributed by atoms with Crippen LogP contribution in [0.2, 0.25) is 0 Å². The minimum Gasteiger partial charge on any atom is -0.497 e. The number of pyridine rings is 1. The molecular weight excluding hydrogens is 566 g/mol. The number of nitrogens with zero attached hydrogens (tertiary/aromatic N) is 1. The predicted molar refractivity (Wildman–Crippen MR) is 161 cm³/mol. The number of esters is 1. The quantitative estimate of drug-likeness (QED) is 0.111. The van der Waals surface area contributed by atoms with E-state index in [-0.39, 0.29) is 12.2 Å². The normalized spacial score (nSPS) is 12.0. The van der Waals surface area contributed by atoms with Gasteiger partial charge in [-0.25, -0.2) is 0 Å². The zero-order chi connectivity index (χ0) is 31.5. The first kappa shape index (κ1) is 31.8. The second-order valence-electron chi connectivity index (χ2n) is 9.81. The largest absolute Gasteiger partial charge is 0.497 e. The van der Waals surface area contributed by atoms with Crippen molar-refractivity contribution >= 4 is 11.8 Å². The molecule has 0 aliphatic carbocycles. The Bertz CT molecular complexity index is 1520. The molecule has 0 bridgehead atoms. The fraction of sp³-hybridized carbons (Fsp3) is 0.265. The molecular formula is C34H35NO9. The number of ether oxygens (including phenoxy) is 6. The highest BCUT2D eigenvalue weighted by Crippen LogP contribution is 2.30. The van der Waals surface area contributed by atoms with Crippen LogP contribution in [0.5, 0.6) is 28.7 Å². The Balaban J connectivity index is 1.45. The standard InChI is InChI=1S/C34H35NO9/c1-22(36)32(34(38)41-4)33(37)25-9-15-29(16-10-25)42-21-26-17-30(43-19-23-5-11-27(39-2)12-6-23)31(18-35-26)44-20-24-7-13-28(40-3)14-8-24/h5-18,22,32,36H,19-21H2,1-4H3. The predicted octanol–water partition coefficient (Wildman–Crippen LogP) is 5.19. The Morgan fingerprint density at radius 1 is 0.705 bits per heavy atom. The monoisotopic (exact) mass is 601 g/mol. The van der Waals surface area contributed by atoms with Crippen LogP contribution in [0.25, 0.3) is 0 Å². The molecule has 1 heterocycles. The van der Waals surface area contributed by atoms with E-state index in [0.717, 1.165) is 22.6 Å². The molecule has 10 heteroatoms. The molecule has 2 atom stereocenters. The van der Waals surface area contributed by atoms with Gasteiger partial charge in [0, 0.05) is 11.6 Å². The molecule has 3 aromatic carbocycles. The fourth-order valence-electron chi connectivity index (χ4n) is 4.23. The minimum absolute atomic E-state index is 0.114. The van der Waals surface area contributed by atoms with Crippen LogP contribution >= 0.6 is 0 Å². The molecule has 0 radical (unpaired) electrons. The molecule has 44 heavy (non-hydrogen) atoms. The third kappa shape index (κ3) is 8.48. The number of aliphatic hydroxyl groups is 1. The maximum absolute atomic E-state index is 12.8. The summed E-state index contributed by atoms with van der Waals surface area (Å²) in [6.07, 6.45) is 0.400. The second kappa shape index (κ2) is 15.4. The maximum atomic E-state index is 12.8. The lowest BCUT2D eigenvalue weighted by Gasteiger charge is -2.16. The van der Waals surface area contributed by atoms with Gasteiger partial charge in [0.2, 0.25) is 0 Å². The lowest BCUT2D eigenvalue weighted by Crippen LogP contribution is -2.34. The number of carbonyl (C=O) groups is 2. The SMILES string of the molecule is COC(=O)C(C(=O)c1ccc(OCc2cc(OCc3ccc(OC)cc3)c(OCc3ccc(OC)cc3)cn2)cc1)C(C)O. The van der Waals surface area contributed by atoms with Gasteiger partial charge >= 0.3 is 5.97 Å². The van der Waals surface area contributed by atoms with Gasteiger partial charge in [0.05, 0.1) is 39.3 Å². The molecule has 2 unspecified atom stereocenters. The highest BCUT2D eigenvalue weighted by atomic mass is 16.5. The first-order valence-electron chi connectivity index (χ1n) is 13.8. The average Bonchev–Trinajstić information content (AvgIpc) is 3.06. The molecule has 1 N–H and O–H groups in total. The van der Waals surface area contributed by atoms with Crippen LogP contribution in [0.4, 0.5) is 0 Å². The zero-order valence-corrected chi connectivity index (χ0v) is 25.0. The molecule has 0 saturated carbocycles. The fourth-order valence-corrected chi connectivity index (χ4v) is 4.23. The van der Waals surface area contributed by atoms with E-state index in [0.29, 0.717) is 36.2 Å². The molecule has 4 rings (SSSR count). The van der Waals surface area contributed by atoms with Crippen molar-refractivity contribution in [3.63, 3.8) is 0 Å². The summed E-state index contributed by atoms with van der Waals surface area (Å²) in [5, 5.41) is 9.91. The van der Waals surface area contributed by atoms with Crippen molar-refractivity contribution in [2.45, 2.75) is 32.8 Å². The molecule has 10 nitrogen and oxygen atoms in total. The molecule has 4 aromatic rings. The van der Waals surface area contributed by atoms with Crippen molar-refractivity contribution < 1.29 is 43.1 Å². The number of aromatic nitrogens is 1. The van der Waals surface area contributed by atoms with E-state index in [1.807, 2.05) is 48.5 Å². The Morgan fingerprint density at radius 3 is 1.73 bits per heavy atom. The molecule has 0 fully saturated rings. The van der Waals surface area contributed by atoms with E-state index in [9.17, 15) is 14.7 Å². The number of Topliss-reactive ketones (excluding diaryl/α,β-unsaturated/α-hetero) is 1. The van der Waals surface area contributed by atoms with E-state index >= 15 is 0 Å². The number of carbonyl (C=O) groups excluding carboxylic acids is 2. The summed E-state index contributed by atoms with van der Waals surface area (Å²) < 4.78 is 33.2. The van der Waals surface area contributed by atoms with E-state index in [4.69, 9.17) is 23.7 Å². The van der Waals surface area contributed by atoms with Crippen molar-refractivity contribution in [3.8, 4) is 28.7 Å². The lowest BCUT2D eigenvalue weighted by molar-refractivity contribution is -0.146. The summed E-state index contributed by atoms with van der Waals surface area (Å²) in [6, 6.07) is 23.2. The Morgan fingerprint density at radius 2 is 1.23 bits per heavy atom. The van der Waals surface area contributed by atoms with Gasteiger partial charge in [0.25, 0.3) is 0 Å². The van der Waals surface area contributed by atoms with Gasteiger partial charge < -0.3 is 33.5 Å². The Hall–Kier alpha value is -5.09. The van der Waals surface area contributed by atoms with Gasteiger partial charge in [-0.1, -0.05) is 24.3 Å². The van der Waals surface area contributed by atoms with Crippen molar-refractivity contribution in [1.82, 2.24) is 4.98 Å². The van der Waals surface area contributed by atoms with E-state index in [2.05, 4.69) is 9.72 Å². The Kier molecular flexibility index (Phi) is 11.1. The summed E-state index contributed by atoms with van der Waals surface area (Å²) in [7, 11) is 4.40. The highest BCUT2D eigenvalue weighted by Gasteiger charge is 2.33. The number of methoxy groups -OCH3 is 3. The smallest absolute Gasteiger partial charge is 0.319 e. The van der Waals surface area contributed by atoms with Crippen LogP contribution in [0.1, 0.15) is 34.1 Å². The second-order valence-corrected chi connectivity index (χ2v) is 9.81. The Labute approximate surface area is 256 Å². The summed E-state index contributed by atoms with van der Waals surface area (Å²) in [6.45, 7) is 2.08. The topological polar surface area (TPSA) is 123 Å². The number of hydrogen-bond acceptors (Lipinski definition) is 10. The lowest BCUT2D eigenvalue weighted by atomic mass is 9.93. The van der Waals surface area contributed by atoms with Crippen molar-refractivity contribution in [1.29, 1.82) is 0 Å². The van der Waals surface area contributed by atoms with Crippen LogP contribution in [-0.2, 0) is 29.4 Å². The van der Waals surface area contributed by atoms with Gasteiger partial charge in [0.1, 0.15) is 43.0 Å². The van der Waals surface area contributed by atoms with Crippen molar-refractivity contribution in [2.75, 3.05) is 21.3 Å². The third-order valence-corrected chi connectivity index (χ3v) is 6.74. The number of rotatable bonds is 15. The average molecular weight is 602 g/mol. The maximum Gasteiger partial charge on any atom is 0.319 e. The zero-order valence-electron chi connectivity index (χ0n) is 25.0. The summed E-state index contributed by atoms with van der Waals surface area (Å²) in [5.74, 6) is 0.323. The first-order valence-corrected chi connectivity index (χ1v) is 13.8. The minimum atomic E-state index is -1.31. The van der Waals surface area contributed by atoms with E-state index in [1.54, 1.807) is 38.6 Å². The van der Waals surface area contributed by atoms with Crippen molar-refractivity contribution in [3.05, 3.63) is 107 Å². The molecule has 0 saturated heterocycles. The van der Waals surface area contributed by atoms with Crippen LogP contribution in [0.3, 0.4) is 0 Å². The van der Waals surface area contributed by atoms with Crippen LogP contribution in [0.15, 0.2) is 85.1 Å².